The third-order valence-corrected chi connectivity index (χ3v) is 6.35. The maximum absolute atomic E-state index is 12.7. The van der Waals surface area contributed by atoms with Gasteiger partial charge < -0.3 is 9.80 Å². The van der Waals surface area contributed by atoms with Gasteiger partial charge in [0.15, 0.2) is 0 Å². The molecule has 6 nitrogen and oxygen atoms in total. The van der Waals surface area contributed by atoms with Crippen molar-refractivity contribution in [2.24, 2.45) is 0 Å². The highest BCUT2D eigenvalue weighted by Gasteiger charge is 2.25. The molecule has 1 unspecified atom stereocenters. The molecule has 27 heavy (non-hydrogen) atoms. The topological polar surface area (TPSA) is 60.9 Å². The van der Waals surface area contributed by atoms with Crippen LogP contribution in [-0.4, -0.2) is 82.8 Å². The van der Waals surface area contributed by atoms with E-state index in [0.717, 1.165) is 43.9 Å². The van der Waals surface area contributed by atoms with Crippen molar-refractivity contribution in [3.63, 3.8) is 0 Å². The van der Waals surface area contributed by atoms with E-state index < -0.39 is 10.8 Å². The van der Waals surface area contributed by atoms with E-state index in [1.807, 2.05) is 9.80 Å². The van der Waals surface area contributed by atoms with E-state index in [4.69, 9.17) is 0 Å². The average molecular weight is 392 g/mol. The van der Waals surface area contributed by atoms with Gasteiger partial charge in [-0.3, -0.25) is 18.7 Å². The molecule has 2 heterocycles. The van der Waals surface area contributed by atoms with Gasteiger partial charge in [0.1, 0.15) is 0 Å². The van der Waals surface area contributed by atoms with Crippen molar-refractivity contribution in [3.8, 4) is 0 Å². The molecule has 3 rings (SSSR count). The summed E-state index contributed by atoms with van der Waals surface area (Å²) in [5.41, 5.74) is 0.623. The minimum atomic E-state index is -1.04. The Morgan fingerprint density at radius 1 is 0.852 bits per heavy atom. The lowest BCUT2D eigenvalue weighted by atomic mass is 10.2. The molecule has 0 spiro atoms. The van der Waals surface area contributed by atoms with Crippen LogP contribution in [0.15, 0.2) is 29.2 Å². The average Bonchev–Trinajstić information content (AvgIpc) is 2.98. The third-order valence-electron chi connectivity index (χ3n) is 5.41. The Labute approximate surface area is 164 Å². The number of likely N-dealkylation sites (tertiary alicyclic amines) is 1. The highest BCUT2D eigenvalue weighted by Crippen LogP contribution is 2.13. The zero-order valence-electron chi connectivity index (χ0n) is 16.1. The molecule has 1 aromatic rings. The van der Waals surface area contributed by atoms with E-state index in [1.54, 1.807) is 30.5 Å². The summed E-state index contributed by atoms with van der Waals surface area (Å²) in [7, 11) is -1.04. The standard InChI is InChI=1S/C20H29N3O3S/c1-27(26)18-8-6-17(7-9-18)20(25)23-14-12-21(13-15-23)16-19(24)22-10-4-2-3-5-11-22/h6-9H,2-5,10-16H2,1H3. The Morgan fingerprint density at radius 3 is 2.00 bits per heavy atom. The first kappa shape index (κ1) is 20.0. The molecule has 0 N–H and O–H groups in total. The largest absolute Gasteiger partial charge is 0.342 e. The normalized spacial score (nSPS) is 20.2. The van der Waals surface area contributed by atoms with Crippen LogP contribution in [0.4, 0.5) is 0 Å². The molecule has 0 saturated carbocycles. The Balaban J connectivity index is 1.48. The summed E-state index contributed by atoms with van der Waals surface area (Å²) in [6, 6.07) is 6.99. The van der Waals surface area contributed by atoms with Crippen molar-refractivity contribution < 1.29 is 13.8 Å². The van der Waals surface area contributed by atoms with Crippen molar-refractivity contribution in [1.29, 1.82) is 0 Å². The van der Waals surface area contributed by atoms with Gasteiger partial charge in [-0.2, -0.15) is 0 Å². The summed E-state index contributed by atoms with van der Waals surface area (Å²) in [5, 5.41) is 0. The van der Waals surface area contributed by atoms with Crippen LogP contribution in [0.3, 0.4) is 0 Å². The molecule has 1 atom stereocenters. The van der Waals surface area contributed by atoms with Gasteiger partial charge >= 0.3 is 0 Å². The van der Waals surface area contributed by atoms with Gasteiger partial charge in [0.2, 0.25) is 5.91 Å². The highest BCUT2D eigenvalue weighted by molar-refractivity contribution is 7.84. The molecule has 2 fully saturated rings. The third kappa shape index (κ3) is 5.39. The highest BCUT2D eigenvalue weighted by atomic mass is 32.2. The molecule has 148 valence electrons. The van der Waals surface area contributed by atoms with Crippen LogP contribution in [0.2, 0.25) is 0 Å². The lowest BCUT2D eigenvalue weighted by Gasteiger charge is -2.35. The van der Waals surface area contributed by atoms with Crippen LogP contribution in [0.1, 0.15) is 36.0 Å². The lowest BCUT2D eigenvalue weighted by Crippen LogP contribution is -2.51. The molecule has 2 saturated heterocycles. The van der Waals surface area contributed by atoms with E-state index in [-0.39, 0.29) is 11.8 Å². The number of hydrogen-bond acceptors (Lipinski definition) is 4. The number of piperazine rings is 1. The molecule has 7 heteroatoms. The smallest absolute Gasteiger partial charge is 0.253 e. The first-order valence-corrected chi connectivity index (χ1v) is 11.3. The lowest BCUT2D eigenvalue weighted by molar-refractivity contribution is -0.132. The molecule has 1 aromatic carbocycles. The second kappa shape index (κ2) is 9.46. The summed E-state index contributed by atoms with van der Waals surface area (Å²) >= 11 is 0. The molecule has 0 aromatic heterocycles. The first-order chi connectivity index (χ1) is 13.0. The van der Waals surface area contributed by atoms with Crippen molar-refractivity contribution in [2.45, 2.75) is 30.6 Å². The number of hydrogen-bond donors (Lipinski definition) is 0. The summed E-state index contributed by atoms with van der Waals surface area (Å²) < 4.78 is 11.5. The van der Waals surface area contributed by atoms with Crippen LogP contribution in [0.25, 0.3) is 0 Å². The van der Waals surface area contributed by atoms with Gasteiger partial charge in [0, 0.05) is 66.8 Å². The Kier molecular flexibility index (Phi) is 7.01. The van der Waals surface area contributed by atoms with Gasteiger partial charge in [-0.15, -0.1) is 0 Å². The van der Waals surface area contributed by atoms with Gasteiger partial charge in [-0.25, -0.2) is 0 Å². The van der Waals surface area contributed by atoms with Gasteiger partial charge in [0.05, 0.1) is 6.54 Å². The van der Waals surface area contributed by atoms with Crippen LogP contribution in [-0.2, 0) is 15.6 Å². The molecule has 2 amide bonds. The van der Waals surface area contributed by atoms with Crippen molar-refractivity contribution >= 4 is 22.6 Å². The van der Waals surface area contributed by atoms with E-state index in [0.29, 0.717) is 25.2 Å². The zero-order valence-corrected chi connectivity index (χ0v) is 16.9. The summed E-state index contributed by atoms with van der Waals surface area (Å²) in [4.78, 5) is 31.9. The number of nitrogens with zero attached hydrogens (tertiary/aromatic N) is 3. The predicted octanol–water partition coefficient (Wildman–Crippen LogP) is 1.58. The second-order valence-corrected chi connectivity index (χ2v) is 8.72. The van der Waals surface area contributed by atoms with Gasteiger partial charge in [-0.05, 0) is 37.1 Å². The Hall–Kier alpha value is -1.73. The van der Waals surface area contributed by atoms with E-state index in [9.17, 15) is 13.8 Å². The minimum Gasteiger partial charge on any atom is -0.342 e. The summed E-state index contributed by atoms with van der Waals surface area (Å²) in [6.45, 7) is 4.94. The maximum atomic E-state index is 12.7. The second-order valence-electron chi connectivity index (χ2n) is 7.34. The van der Waals surface area contributed by atoms with E-state index in [1.165, 1.54) is 12.8 Å². The molecule has 2 aliphatic rings. The summed E-state index contributed by atoms with van der Waals surface area (Å²) in [6.07, 6.45) is 6.29. The fourth-order valence-corrected chi connectivity index (χ4v) is 4.21. The number of carbonyl (C=O) groups is 2. The first-order valence-electron chi connectivity index (χ1n) is 9.77. The SMILES string of the molecule is CS(=O)c1ccc(C(=O)N2CCN(CC(=O)N3CCCCCC3)CC2)cc1. The van der Waals surface area contributed by atoms with Gasteiger partial charge in [0.25, 0.3) is 5.91 Å². The fraction of sp³-hybridized carbons (Fsp3) is 0.600. The number of benzene rings is 1. The Morgan fingerprint density at radius 2 is 1.44 bits per heavy atom. The summed E-state index contributed by atoms with van der Waals surface area (Å²) in [5.74, 6) is 0.224. The monoisotopic (exact) mass is 391 g/mol. The molecule has 0 aliphatic carbocycles. The van der Waals surface area contributed by atoms with Crippen LogP contribution in [0.5, 0.6) is 0 Å². The minimum absolute atomic E-state index is 0.00179. The van der Waals surface area contributed by atoms with Crippen molar-refractivity contribution in [3.05, 3.63) is 29.8 Å². The van der Waals surface area contributed by atoms with Gasteiger partial charge in [-0.1, -0.05) is 12.8 Å². The fourth-order valence-electron chi connectivity index (χ4n) is 3.69. The predicted molar refractivity (Wildman–Crippen MR) is 106 cm³/mol. The molecular formula is C20H29N3O3S. The quantitative estimate of drug-likeness (QED) is 0.782. The van der Waals surface area contributed by atoms with Crippen LogP contribution >= 0.6 is 0 Å². The van der Waals surface area contributed by atoms with Crippen LogP contribution < -0.4 is 0 Å². The molecular weight excluding hydrogens is 362 g/mol. The number of rotatable bonds is 4. The van der Waals surface area contributed by atoms with Crippen LogP contribution in [0, 0.1) is 0 Å². The number of carbonyl (C=O) groups excluding carboxylic acids is 2. The molecule has 0 bridgehead atoms. The zero-order chi connectivity index (χ0) is 19.2. The van der Waals surface area contributed by atoms with Crippen molar-refractivity contribution in [1.82, 2.24) is 14.7 Å². The van der Waals surface area contributed by atoms with Crippen molar-refractivity contribution in [2.75, 3.05) is 52.1 Å². The maximum Gasteiger partial charge on any atom is 0.253 e. The van der Waals surface area contributed by atoms with E-state index >= 15 is 0 Å². The molecule has 0 radical (unpaired) electrons. The Bertz CT molecular complexity index is 676. The van der Waals surface area contributed by atoms with E-state index in [2.05, 4.69) is 4.90 Å². The molecule has 2 aliphatic heterocycles. The number of amides is 2.